The molecule has 0 spiro atoms. The van der Waals surface area contributed by atoms with E-state index in [2.05, 4.69) is 15.2 Å². The van der Waals surface area contributed by atoms with Gasteiger partial charge >= 0.3 is 18.0 Å². The molecule has 0 aliphatic carbocycles. The number of urea groups is 1. The molecule has 240 valence electrons. The maximum Gasteiger partial charge on any atom is 0.338 e. The molecule has 3 aliphatic rings. The van der Waals surface area contributed by atoms with E-state index in [-0.39, 0.29) is 29.1 Å². The van der Waals surface area contributed by atoms with Gasteiger partial charge in [0.15, 0.2) is 11.7 Å². The molecular weight excluding hydrogens is 617 g/mol. The van der Waals surface area contributed by atoms with Gasteiger partial charge in [-0.2, -0.15) is 0 Å². The van der Waals surface area contributed by atoms with Crippen molar-refractivity contribution in [3.05, 3.63) is 93.9 Å². The van der Waals surface area contributed by atoms with Crippen LogP contribution in [-0.2, 0) is 27.8 Å². The molecule has 1 aromatic heterocycles. The van der Waals surface area contributed by atoms with E-state index in [1.54, 1.807) is 21.9 Å². The topological polar surface area (TPSA) is 133 Å². The van der Waals surface area contributed by atoms with Gasteiger partial charge in [0.05, 0.1) is 18.7 Å². The molecule has 3 aromatic rings. The van der Waals surface area contributed by atoms with E-state index in [9.17, 15) is 18.8 Å². The van der Waals surface area contributed by atoms with Gasteiger partial charge in [0.25, 0.3) is 0 Å². The fraction of sp³-hybridized carbons (Fsp3) is 0.344. The summed E-state index contributed by atoms with van der Waals surface area (Å²) in [4.78, 5) is 52.7. The molecule has 3 aliphatic heterocycles. The van der Waals surface area contributed by atoms with Crippen molar-refractivity contribution in [3.8, 4) is 0 Å². The summed E-state index contributed by atoms with van der Waals surface area (Å²) in [7, 11) is 3.13. The summed E-state index contributed by atoms with van der Waals surface area (Å²) in [6, 6.07) is 10.3. The Morgan fingerprint density at radius 3 is 2.61 bits per heavy atom. The molecule has 14 heteroatoms. The third-order valence-corrected chi connectivity index (χ3v) is 8.84. The Bertz CT molecular complexity index is 1740. The van der Waals surface area contributed by atoms with Crippen molar-refractivity contribution in [1.29, 1.82) is 0 Å². The lowest BCUT2D eigenvalue weighted by Crippen LogP contribution is -2.53. The number of hydrogen-bond donors (Lipinski definition) is 2. The number of carbonyl (C=O) groups excluding carboxylic acids is 2. The van der Waals surface area contributed by atoms with Gasteiger partial charge in [0.1, 0.15) is 11.9 Å². The van der Waals surface area contributed by atoms with Gasteiger partial charge in [-0.1, -0.05) is 29.8 Å². The number of carboxylic acid groups (broad SMARTS) is 1. The normalized spacial score (nSPS) is 20.0. The lowest BCUT2D eigenvalue weighted by molar-refractivity contribution is -0.137. The first-order chi connectivity index (χ1) is 22.1. The number of carbonyl (C=O) groups is 3. The molecule has 0 saturated carbocycles. The van der Waals surface area contributed by atoms with Crippen molar-refractivity contribution >= 4 is 41.1 Å². The fourth-order valence-corrected chi connectivity index (χ4v) is 6.45. The van der Waals surface area contributed by atoms with E-state index in [4.69, 9.17) is 26.4 Å². The van der Waals surface area contributed by atoms with Crippen molar-refractivity contribution in [2.75, 3.05) is 44.7 Å². The van der Waals surface area contributed by atoms with E-state index in [0.29, 0.717) is 62.1 Å². The van der Waals surface area contributed by atoms with Gasteiger partial charge in [0.2, 0.25) is 0 Å². The van der Waals surface area contributed by atoms with Crippen molar-refractivity contribution in [3.63, 3.8) is 0 Å². The van der Waals surface area contributed by atoms with Crippen LogP contribution in [0.5, 0.6) is 0 Å². The number of aliphatic imine (C=N–C) groups is 1. The number of fused-ring (bicyclic) bond motifs is 1. The smallest absolute Gasteiger partial charge is 0.338 e. The molecule has 2 fully saturated rings. The van der Waals surface area contributed by atoms with E-state index in [0.717, 1.165) is 11.3 Å². The zero-order chi connectivity index (χ0) is 32.5. The summed E-state index contributed by atoms with van der Waals surface area (Å²) in [5.41, 5.74) is 2.90. The first-order valence-electron chi connectivity index (χ1n) is 14.8. The van der Waals surface area contributed by atoms with Crippen molar-refractivity contribution in [2.24, 2.45) is 12.0 Å². The molecule has 1 unspecified atom stereocenters. The monoisotopic (exact) mass is 649 g/mol. The molecular formula is C32H33ClFN7O5. The summed E-state index contributed by atoms with van der Waals surface area (Å²) in [6.45, 7) is 2.40. The second kappa shape index (κ2) is 12.9. The molecule has 0 radical (unpaired) electrons. The molecule has 2 saturated heterocycles. The van der Waals surface area contributed by atoms with Crippen LogP contribution in [0.4, 0.5) is 14.9 Å². The third-order valence-electron chi connectivity index (χ3n) is 8.52. The molecule has 2 aromatic carbocycles. The molecule has 6 rings (SSSR count). The first-order valence-corrected chi connectivity index (χ1v) is 15.2. The summed E-state index contributed by atoms with van der Waals surface area (Å²) >= 11 is 6.49. The van der Waals surface area contributed by atoms with Crippen molar-refractivity contribution in [1.82, 2.24) is 24.7 Å². The summed E-state index contributed by atoms with van der Waals surface area (Å²) < 4.78 is 21.0. The number of amides is 2. The van der Waals surface area contributed by atoms with Crippen molar-refractivity contribution < 1.29 is 28.6 Å². The molecule has 46 heavy (non-hydrogen) atoms. The summed E-state index contributed by atoms with van der Waals surface area (Å²) in [5.74, 6) is -0.989. The number of piperazine rings is 1. The number of aromatic nitrogens is 2. The highest BCUT2D eigenvalue weighted by molar-refractivity contribution is 6.31. The number of amidine groups is 1. The number of methoxy groups -OCH3 is 1. The van der Waals surface area contributed by atoms with Gasteiger partial charge in [-0.05, 0) is 36.2 Å². The predicted octanol–water partition coefficient (Wildman–Crippen LogP) is 3.37. The van der Waals surface area contributed by atoms with Crippen LogP contribution in [0.15, 0.2) is 71.1 Å². The Hall–Kier alpha value is -4.75. The quantitative estimate of drug-likeness (QED) is 0.337. The number of aliphatic carboxylic acids is 1. The van der Waals surface area contributed by atoms with Crippen LogP contribution in [-0.4, -0.2) is 94.1 Å². The first kappa shape index (κ1) is 31.2. The zero-order valence-corrected chi connectivity index (χ0v) is 26.1. The summed E-state index contributed by atoms with van der Waals surface area (Å²) in [5, 5.41) is 12.4. The Labute approximate surface area is 269 Å². The standard InChI is InChI=1S/C32H33ClFN7O5/c1-38-12-11-35-30(38)29-36-25(27(31(44)46-2)28(37-29)23-9-6-20(34)15-24(23)33)18-39-13-14-40-22(16-39)17-41(32(40)45)21-7-3-19(4-8-21)5-10-26(42)43/h3-4,6-9,11-12,15,22,28H,5,10,13-14,16-18H2,1-2H3,(H,36,37)(H,42,43)/t22-,28?/m0/s1. The number of anilines is 1. The maximum atomic E-state index is 14.0. The SMILES string of the molecule is COC(=O)C1=C(CN2CCN3C(=O)N(c4ccc(CCC(=O)O)cc4)C[C@@H]3C2)NC(c2nccn2C)=NC1c1ccc(F)cc1Cl. The van der Waals surface area contributed by atoms with Gasteiger partial charge in [-0.3, -0.25) is 19.6 Å². The average Bonchev–Trinajstić information content (AvgIpc) is 3.61. The van der Waals surface area contributed by atoms with E-state index >= 15 is 0 Å². The largest absolute Gasteiger partial charge is 0.481 e. The van der Waals surface area contributed by atoms with Crippen molar-refractivity contribution in [2.45, 2.75) is 24.9 Å². The number of halogens is 2. The predicted molar refractivity (Wildman–Crippen MR) is 168 cm³/mol. The van der Waals surface area contributed by atoms with E-state index in [1.165, 1.54) is 25.3 Å². The Balaban J connectivity index is 1.26. The number of benzene rings is 2. The van der Waals surface area contributed by atoms with Crippen LogP contribution in [0, 0.1) is 5.82 Å². The summed E-state index contributed by atoms with van der Waals surface area (Å²) in [6.07, 6.45) is 3.89. The number of esters is 1. The average molecular weight is 650 g/mol. The number of hydrogen-bond acceptors (Lipinski definition) is 8. The second-order valence-electron chi connectivity index (χ2n) is 11.5. The third kappa shape index (κ3) is 6.20. The van der Waals surface area contributed by atoms with Gasteiger partial charge in [-0.25, -0.2) is 19.0 Å². The van der Waals surface area contributed by atoms with Crippen LogP contribution in [0.3, 0.4) is 0 Å². The Morgan fingerprint density at radius 1 is 1.15 bits per heavy atom. The minimum Gasteiger partial charge on any atom is -0.481 e. The van der Waals surface area contributed by atoms with Crippen LogP contribution in [0.1, 0.15) is 29.4 Å². The Kier molecular flexibility index (Phi) is 8.78. The van der Waals surface area contributed by atoms with Crippen LogP contribution < -0.4 is 10.2 Å². The molecule has 0 bridgehead atoms. The Morgan fingerprint density at radius 2 is 1.93 bits per heavy atom. The van der Waals surface area contributed by atoms with Gasteiger partial charge in [-0.15, -0.1) is 0 Å². The van der Waals surface area contributed by atoms with Crippen LogP contribution >= 0.6 is 11.6 Å². The van der Waals surface area contributed by atoms with Gasteiger partial charge < -0.3 is 24.6 Å². The van der Waals surface area contributed by atoms with Crippen LogP contribution in [0.2, 0.25) is 5.02 Å². The number of ether oxygens (including phenoxy) is 1. The lowest BCUT2D eigenvalue weighted by Gasteiger charge is -2.38. The highest BCUT2D eigenvalue weighted by Crippen LogP contribution is 2.37. The van der Waals surface area contributed by atoms with Gasteiger partial charge in [0, 0.05) is 80.6 Å². The number of imidazole rings is 1. The minimum atomic E-state index is -0.883. The molecule has 12 nitrogen and oxygen atoms in total. The number of carboxylic acids is 1. The zero-order valence-electron chi connectivity index (χ0n) is 25.3. The number of nitrogens with zero attached hydrogens (tertiary/aromatic N) is 6. The highest BCUT2D eigenvalue weighted by Gasteiger charge is 2.42. The second-order valence-corrected chi connectivity index (χ2v) is 11.9. The number of aryl methyl sites for hydroxylation is 2. The van der Waals surface area contributed by atoms with E-state index < -0.39 is 23.8 Å². The highest BCUT2D eigenvalue weighted by atomic mass is 35.5. The van der Waals surface area contributed by atoms with Crippen LogP contribution in [0.25, 0.3) is 0 Å². The number of nitrogens with one attached hydrogen (secondary N) is 1. The molecule has 2 atom stereocenters. The number of rotatable bonds is 9. The molecule has 2 amide bonds. The maximum absolute atomic E-state index is 14.0. The molecule has 2 N–H and O–H groups in total. The lowest BCUT2D eigenvalue weighted by atomic mass is 9.95. The van der Waals surface area contributed by atoms with E-state index in [1.807, 2.05) is 36.2 Å². The minimum absolute atomic E-state index is 0.0450. The molecule has 4 heterocycles. The fourth-order valence-electron chi connectivity index (χ4n) is 6.17.